The molecule has 0 amide bonds. The number of rotatable bonds is 4. The minimum Gasteiger partial charge on any atom is -0.384 e. The fourth-order valence-electron chi connectivity index (χ4n) is 2.16. The molecular formula is C13H20ClN3. The molecule has 0 aliphatic carbocycles. The number of anilines is 1. The minimum atomic E-state index is 0.624. The van der Waals surface area contributed by atoms with Gasteiger partial charge in [0.05, 0.1) is 10.7 Å². The molecule has 0 bridgehead atoms. The number of likely N-dealkylation sites (N-methyl/N-ethyl adjacent to an activating group) is 1. The summed E-state index contributed by atoms with van der Waals surface area (Å²) in [5.41, 5.74) is 1.03. The van der Waals surface area contributed by atoms with Gasteiger partial charge in [0.25, 0.3) is 0 Å². The Morgan fingerprint density at radius 3 is 3.06 bits per heavy atom. The molecule has 1 aromatic rings. The molecule has 1 saturated heterocycles. The predicted octanol–water partition coefficient (Wildman–Crippen LogP) is 2.05. The summed E-state index contributed by atoms with van der Waals surface area (Å²) in [7, 11) is 2.20. The molecule has 1 unspecified atom stereocenters. The Balaban J connectivity index is 1.77. The number of nitrogens with zero attached hydrogens (tertiary/aromatic N) is 1. The van der Waals surface area contributed by atoms with E-state index in [1.54, 1.807) is 0 Å². The van der Waals surface area contributed by atoms with Crippen LogP contribution in [0.15, 0.2) is 24.3 Å². The van der Waals surface area contributed by atoms with Crippen molar-refractivity contribution in [3.8, 4) is 0 Å². The molecule has 0 spiro atoms. The summed E-state index contributed by atoms with van der Waals surface area (Å²) in [6, 6.07) is 8.51. The van der Waals surface area contributed by atoms with Crippen LogP contribution in [-0.4, -0.2) is 44.2 Å². The van der Waals surface area contributed by atoms with Crippen molar-refractivity contribution in [1.82, 2.24) is 10.2 Å². The molecule has 3 nitrogen and oxygen atoms in total. The quantitative estimate of drug-likeness (QED) is 0.860. The van der Waals surface area contributed by atoms with Gasteiger partial charge in [0.15, 0.2) is 0 Å². The van der Waals surface area contributed by atoms with E-state index in [1.165, 1.54) is 0 Å². The van der Waals surface area contributed by atoms with Crippen molar-refractivity contribution < 1.29 is 0 Å². The van der Waals surface area contributed by atoms with Crippen LogP contribution in [0.1, 0.15) is 6.42 Å². The zero-order valence-corrected chi connectivity index (χ0v) is 11.0. The maximum atomic E-state index is 6.09. The van der Waals surface area contributed by atoms with Crippen molar-refractivity contribution in [2.75, 3.05) is 38.5 Å². The van der Waals surface area contributed by atoms with Gasteiger partial charge < -0.3 is 15.5 Å². The van der Waals surface area contributed by atoms with Crippen LogP contribution in [0.2, 0.25) is 5.02 Å². The van der Waals surface area contributed by atoms with E-state index >= 15 is 0 Å². The molecule has 2 rings (SSSR count). The van der Waals surface area contributed by atoms with E-state index in [0.717, 1.165) is 43.3 Å². The molecule has 1 fully saturated rings. The lowest BCUT2D eigenvalue weighted by Gasteiger charge is -2.33. The van der Waals surface area contributed by atoms with E-state index < -0.39 is 0 Å². The SMILES string of the molecule is CN1CCNCC1CCNc1ccccc1Cl. The summed E-state index contributed by atoms with van der Waals surface area (Å²) in [6.45, 7) is 4.28. The first-order valence-corrected chi connectivity index (χ1v) is 6.54. The van der Waals surface area contributed by atoms with Gasteiger partial charge >= 0.3 is 0 Å². The standard InChI is InChI=1S/C13H20ClN3/c1-17-9-8-15-10-11(17)6-7-16-13-5-3-2-4-12(13)14/h2-5,11,15-16H,6-10H2,1H3. The minimum absolute atomic E-state index is 0.624. The van der Waals surface area contributed by atoms with Crippen LogP contribution in [-0.2, 0) is 0 Å². The second kappa shape index (κ2) is 6.24. The zero-order chi connectivity index (χ0) is 12.1. The molecule has 0 radical (unpaired) electrons. The van der Waals surface area contributed by atoms with Crippen LogP contribution in [0.4, 0.5) is 5.69 Å². The smallest absolute Gasteiger partial charge is 0.0637 e. The third kappa shape index (κ3) is 3.60. The maximum Gasteiger partial charge on any atom is 0.0637 e. The highest BCUT2D eigenvalue weighted by atomic mass is 35.5. The van der Waals surface area contributed by atoms with Gasteiger partial charge in [-0.05, 0) is 25.6 Å². The van der Waals surface area contributed by atoms with E-state index in [4.69, 9.17) is 11.6 Å². The van der Waals surface area contributed by atoms with Gasteiger partial charge in [-0.2, -0.15) is 0 Å². The Hall–Kier alpha value is -0.770. The average molecular weight is 254 g/mol. The van der Waals surface area contributed by atoms with Gasteiger partial charge in [0.1, 0.15) is 0 Å². The topological polar surface area (TPSA) is 27.3 Å². The van der Waals surface area contributed by atoms with Gasteiger partial charge in [-0.15, -0.1) is 0 Å². The number of para-hydroxylation sites is 1. The Morgan fingerprint density at radius 1 is 1.47 bits per heavy atom. The van der Waals surface area contributed by atoms with Gasteiger partial charge in [0.2, 0.25) is 0 Å². The van der Waals surface area contributed by atoms with Crippen molar-refractivity contribution >= 4 is 17.3 Å². The number of piperazine rings is 1. The summed E-state index contributed by atoms with van der Waals surface area (Å²) in [6.07, 6.45) is 1.13. The second-order valence-electron chi connectivity index (χ2n) is 4.53. The third-order valence-corrected chi connectivity index (χ3v) is 3.64. The highest BCUT2D eigenvalue weighted by molar-refractivity contribution is 6.33. The summed E-state index contributed by atoms with van der Waals surface area (Å²) in [5.74, 6) is 0. The monoisotopic (exact) mass is 253 g/mol. The van der Waals surface area contributed by atoms with Crippen molar-refractivity contribution in [2.24, 2.45) is 0 Å². The van der Waals surface area contributed by atoms with Crippen molar-refractivity contribution in [3.05, 3.63) is 29.3 Å². The molecule has 17 heavy (non-hydrogen) atoms. The normalized spacial score (nSPS) is 21.4. The molecule has 1 atom stereocenters. The molecular weight excluding hydrogens is 234 g/mol. The van der Waals surface area contributed by atoms with Crippen molar-refractivity contribution in [3.63, 3.8) is 0 Å². The molecule has 94 valence electrons. The van der Waals surface area contributed by atoms with Gasteiger partial charge in [-0.25, -0.2) is 0 Å². The van der Waals surface area contributed by atoms with Crippen LogP contribution in [0.25, 0.3) is 0 Å². The van der Waals surface area contributed by atoms with Crippen LogP contribution < -0.4 is 10.6 Å². The Labute approximate surface area is 108 Å². The Morgan fingerprint density at radius 2 is 2.29 bits per heavy atom. The molecule has 1 aliphatic rings. The van der Waals surface area contributed by atoms with E-state index in [1.807, 2.05) is 24.3 Å². The summed E-state index contributed by atoms with van der Waals surface area (Å²) in [5, 5.41) is 7.62. The zero-order valence-electron chi connectivity index (χ0n) is 10.2. The first kappa shape index (κ1) is 12.7. The lowest BCUT2D eigenvalue weighted by molar-refractivity contribution is 0.194. The summed E-state index contributed by atoms with van der Waals surface area (Å²) in [4.78, 5) is 2.42. The Kier molecular flexibility index (Phi) is 4.66. The van der Waals surface area contributed by atoms with E-state index in [-0.39, 0.29) is 0 Å². The molecule has 0 saturated carbocycles. The highest BCUT2D eigenvalue weighted by Crippen LogP contribution is 2.20. The average Bonchev–Trinajstić information content (AvgIpc) is 2.34. The number of benzene rings is 1. The van der Waals surface area contributed by atoms with Crippen LogP contribution in [0.5, 0.6) is 0 Å². The van der Waals surface area contributed by atoms with Crippen molar-refractivity contribution in [1.29, 1.82) is 0 Å². The Bertz CT molecular complexity index is 356. The maximum absolute atomic E-state index is 6.09. The van der Waals surface area contributed by atoms with E-state index in [0.29, 0.717) is 6.04 Å². The molecule has 4 heteroatoms. The van der Waals surface area contributed by atoms with Gasteiger partial charge in [0, 0.05) is 32.2 Å². The van der Waals surface area contributed by atoms with Crippen molar-refractivity contribution in [2.45, 2.75) is 12.5 Å². The van der Waals surface area contributed by atoms with Gasteiger partial charge in [-0.3, -0.25) is 0 Å². The molecule has 1 heterocycles. The molecule has 0 aromatic heterocycles. The number of hydrogen-bond acceptors (Lipinski definition) is 3. The highest BCUT2D eigenvalue weighted by Gasteiger charge is 2.17. The number of halogens is 1. The summed E-state index contributed by atoms with van der Waals surface area (Å²) < 4.78 is 0. The van der Waals surface area contributed by atoms with Gasteiger partial charge in [-0.1, -0.05) is 23.7 Å². The molecule has 2 N–H and O–H groups in total. The van der Waals surface area contributed by atoms with Crippen LogP contribution in [0.3, 0.4) is 0 Å². The van der Waals surface area contributed by atoms with E-state index in [9.17, 15) is 0 Å². The molecule has 1 aromatic carbocycles. The van der Waals surface area contributed by atoms with Crippen LogP contribution >= 0.6 is 11.6 Å². The fourth-order valence-corrected chi connectivity index (χ4v) is 2.37. The third-order valence-electron chi connectivity index (χ3n) is 3.31. The van der Waals surface area contributed by atoms with Crippen LogP contribution in [0, 0.1) is 0 Å². The number of nitrogens with one attached hydrogen (secondary N) is 2. The van der Waals surface area contributed by atoms with E-state index in [2.05, 4.69) is 22.6 Å². The first-order valence-electron chi connectivity index (χ1n) is 6.17. The molecule has 1 aliphatic heterocycles. The largest absolute Gasteiger partial charge is 0.384 e. The predicted molar refractivity (Wildman–Crippen MR) is 73.8 cm³/mol. The second-order valence-corrected chi connectivity index (χ2v) is 4.94. The fraction of sp³-hybridized carbons (Fsp3) is 0.538. The lowest BCUT2D eigenvalue weighted by atomic mass is 10.1. The first-order chi connectivity index (χ1) is 8.27. The lowest BCUT2D eigenvalue weighted by Crippen LogP contribution is -2.49. The number of hydrogen-bond donors (Lipinski definition) is 2. The summed E-state index contributed by atoms with van der Waals surface area (Å²) >= 11 is 6.09.